The third-order valence-electron chi connectivity index (χ3n) is 2.26. The van der Waals surface area contributed by atoms with E-state index in [2.05, 4.69) is 22.5 Å². The highest BCUT2D eigenvalue weighted by molar-refractivity contribution is 5.84. The second-order valence-corrected chi connectivity index (χ2v) is 3.18. The molecule has 2 rings (SSSR count). The van der Waals surface area contributed by atoms with E-state index in [1.807, 2.05) is 24.4 Å². The number of fused-ring (bicyclic) bond motifs is 1. The molecule has 1 aromatic heterocycles. The molecule has 0 fully saturated rings. The molecule has 0 atom stereocenters. The van der Waals surface area contributed by atoms with Crippen molar-refractivity contribution in [3.63, 3.8) is 0 Å². The fourth-order valence-electron chi connectivity index (χ4n) is 1.57. The Morgan fingerprint density at radius 1 is 1.21 bits per heavy atom. The van der Waals surface area contributed by atoms with Crippen LogP contribution in [0.4, 0.5) is 0 Å². The molecule has 0 saturated heterocycles. The second-order valence-electron chi connectivity index (χ2n) is 3.18. The highest BCUT2D eigenvalue weighted by Crippen LogP contribution is 2.16. The van der Waals surface area contributed by atoms with Crippen LogP contribution in [0.1, 0.15) is 5.69 Å². The Morgan fingerprint density at radius 2 is 2.07 bits per heavy atom. The molecular weight excluding hydrogens is 174 g/mol. The van der Waals surface area contributed by atoms with Gasteiger partial charge in [0.1, 0.15) is 0 Å². The SMILES string of the molecule is NNCCc1nccc2ccccc12. The molecule has 1 heterocycles. The van der Waals surface area contributed by atoms with Crippen molar-refractivity contribution in [2.24, 2.45) is 5.84 Å². The molecule has 0 bridgehead atoms. The predicted octanol–water partition coefficient (Wildman–Crippen LogP) is 1.24. The van der Waals surface area contributed by atoms with Crippen molar-refractivity contribution in [3.8, 4) is 0 Å². The van der Waals surface area contributed by atoms with Gasteiger partial charge in [-0.25, -0.2) is 0 Å². The molecule has 0 amide bonds. The van der Waals surface area contributed by atoms with E-state index in [1.54, 1.807) is 0 Å². The minimum absolute atomic E-state index is 0.751. The van der Waals surface area contributed by atoms with Crippen LogP contribution < -0.4 is 11.3 Å². The Labute approximate surface area is 82.9 Å². The summed E-state index contributed by atoms with van der Waals surface area (Å²) >= 11 is 0. The summed E-state index contributed by atoms with van der Waals surface area (Å²) in [5, 5.41) is 2.44. The number of hydrogen-bond acceptors (Lipinski definition) is 3. The molecule has 0 unspecified atom stereocenters. The maximum Gasteiger partial charge on any atom is 0.0495 e. The molecule has 72 valence electrons. The van der Waals surface area contributed by atoms with Crippen LogP contribution in [0.15, 0.2) is 36.5 Å². The average Bonchev–Trinajstić information content (AvgIpc) is 2.26. The zero-order valence-corrected chi connectivity index (χ0v) is 7.90. The van der Waals surface area contributed by atoms with Gasteiger partial charge in [-0.2, -0.15) is 0 Å². The van der Waals surface area contributed by atoms with E-state index < -0.39 is 0 Å². The van der Waals surface area contributed by atoms with Gasteiger partial charge in [0, 0.05) is 30.2 Å². The molecule has 0 saturated carbocycles. The second kappa shape index (κ2) is 4.17. The van der Waals surface area contributed by atoms with Crippen LogP contribution in [0, 0.1) is 0 Å². The Hall–Kier alpha value is -1.45. The van der Waals surface area contributed by atoms with Crippen molar-refractivity contribution in [1.82, 2.24) is 10.4 Å². The van der Waals surface area contributed by atoms with Crippen LogP contribution in [-0.4, -0.2) is 11.5 Å². The number of hydrazine groups is 1. The number of rotatable bonds is 3. The first-order valence-electron chi connectivity index (χ1n) is 4.68. The number of benzene rings is 1. The summed E-state index contributed by atoms with van der Waals surface area (Å²) < 4.78 is 0. The third kappa shape index (κ3) is 1.73. The topological polar surface area (TPSA) is 50.9 Å². The van der Waals surface area contributed by atoms with Gasteiger partial charge < -0.3 is 0 Å². The van der Waals surface area contributed by atoms with Crippen LogP contribution in [0.25, 0.3) is 10.8 Å². The zero-order valence-electron chi connectivity index (χ0n) is 7.90. The highest BCUT2D eigenvalue weighted by Gasteiger charge is 2.00. The van der Waals surface area contributed by atoms with Crippen LogP contribution in [0.2, 0.25) is 0 Å². The third-order valence-corrected chi connectivity index (χ3v) is 2.26. The summed E-state index contributed by atoms with van der Waals surface area (Å²) in [5.41, 5.74) is 3.74. The van der Waals surface area contributed by atoms with Crippen LogP contribution >= 0.6 is 0 Å². The van der Waals surface area contributed by atoms with Gasteiger partial charge in [0.15, 0.2) is 0 Å². The summed E-state index contributed by atoms with van der Waals surface area (Å²) in [4.78, 5) is 4.35. The molecule has 0 aliphatic heterocycles. The molecule has 0 spiro atoms. The van der Waals surface area contributed by atoms with E-state index in [4.69, 9.17) is 5.84 Å². The first-order chi connectivity index (χ1) is 6.92. The monoisotopic (exact) mass is 187 g/mol. The maximum absolute atomic E-state index is 5.24. The number of hydrogen-bond donors (Lipinski definition) is 2. The van der Waals surface area contributed by atoms with E-state index in [0.717, 1.165) is 18.7 Å². The standard InChI is InChI=1S/C11H13N3/c12-14-8-6-11-10-4-2-1-3-9(10)5-7-13-11/h1-5,7,14H,6,8,12H2. The molecule has 3 nitrogen and oxygen atoms in total. The smallest absolute Gasteiger partial charge is 0.0495 e. The van der Waals surface area contributed by atoms with Gasteiger partial charge in [0.25, 0.3) is 0 Å². The van der Waals surface area contributed by atoms with Crippen molar-refractivity contribution in [3.05, 3.63) is 42.2 Å². The summed E-state index contributed by atoms with van der Waals surface area (Å²) in [7, 11) is 0. The fraction of sp³-hybridized carbons (Fsp3) is 0.182. The van der Waals surface area contributed by atoms with Crippen LogP contribution in [-0.2, 0) is 6.42 Å². The first kappa shape index (κ1) is 9.12. The Balaban J connectivity index is 2.43. The van der Waals surface area contributed by atoms with Gasteiger partial charge in [-0.05, 0) is 11.5 Å². The van der Waals surface area contributed by atoms with E-state index in [9.17, 15) is 0 Å². The quantitative estimate of drug-likeness (QED) is 0.561. The van der Waals surface area contributed by atoms with Crippen LogP contribution in [0.5, 0.6) is 0 Å². The number of aromatic nitrogens is 1. The van der Waals surface area contributed by atoms with E-state index >= 15 is 0 Å². The largest absolute Gasteiger partial charge is 0.271 e. The molecule has 1 aromatic carbocycles. The lowest BCUT2D eigenvalue weighted by molar-refractivity contribution is 0.721. The van der Waals surface area contributed by atoms with Crippen molar-refractivity contribution in [2.45, 2.75) is 6.42 Å². The average molecular weight is 187 g/mol. The van der Waals surface area contributed by atoms with Gasteiger partial charge in [-0.1, -0.05) is 24.3 Å². The van der Waals surface area contributed by atoms with Gasteiger partial charge in [-0.3, -0.25) is 16.3 Å². The molecule has 3 heteroatoms. The zero-order chi connectivity index (χ0) is 9.80. The number of nitrogens with one attached hydrogen (secondary N) is 1. The number of pyridine rings is 1. The molecule has 0 radical (unpaired) electrons. The van der Waals surface area contributed by atoms with Crippen molar-refractivity contribution >= 4 is 10.8 Å². The lowest BCUT2D eigenvalue weighted by Crippen LogP contribution is -2.24. The molecule has 0 aliphatic carbocycles. The molecule has 3 N–H and O–H groups in total. The van der Waals surface area contributed by atoms with Crippen molar-refractivity contribution < 1.29 is 0 Å². The van der Waals surface area contributed by atoms with E-state index in [-0.39, 0.29) is 0 Å². The van der Waals surface area contributed by atoms with Crippen molar-refractivity contribution in [2.75, 3.05) is 6.54 Å². The lowest BCUT2D eigenvalue weighted by atomic mass is 10.1. The summed E-state index contributed by atoms with van der Waals surface area (Å²) in [6.45, 7) is 0.751. The highest BCUT2D eigenvalue weighted by atomic mass is 15.2. The lowest BCUT2D eigenvalue weighted by Gasteiger charge is -2.04. The summed E-state index contributed by atoms with van der Waals surface area (Å²) in [6, 6.07) is 10.3. The Bertz CT molecular complexity index is 420. The first-order valence-corrected chi connectivity index (χ1v) is 4.68. The minimum Gasteiger partial charge on any atom is -0.271 e. The molecule has 14 heavy (non-hydrogen) atoms. The minimum atomic E-state index is 0.751. The number of nitrogens with two attached hydrogens (primary N) is 1. The molecule has 0 aliphatic rings. The predicted molar refractivity (Wildman–Crippen MR) is 57.6 cm³/mol. The number of nitrogens with zero attached hydrogens (tertiary/aromatic N) is 1. The Kier molecular flexibility index (Phi) is 2.72. The van der Waals surface area contributed by atoms with Gasteiger partial charge in [0.05, 0.1) is 0 Å². The van der Waals surface area contributed by atoms with Crippen LogP contribution in [0.3, 0.4) is 0 Å². The Morgan fingerprint density at radius 3 is 2.93 bits per heavy atom. The molecule has 2 aromatic rings. The summed E-state index contributed by atoms with van der Waals surface area (Å²) in [6.07, 6.45) is 2.70. The normalized spacial score (nSPS) is 10.6. The fourth-order valence-corrected chi connectivity index (χ4v) is 1.57. The van der Waals surface area contributed by atoms with E-state index in [0.29, 0.717) is 0 Å². The maximum atomic E-state index is 5.24. The van der Waals surface area contributed by atoms with Gasteiger partial charge in [-0.15, -0.1) is 0 Å². The van der Waals surface area contributed by atoms with Gasteiger partial charge in [0.2, 0.25) is 0 Å². The van der Waals surface area contributed by atoms with Crippen molar-refractivity contribution in [1.29, 1.82) is 0 Å². The molecular formula is C11H13N3. The van der Waals surface area contributed by atoms with Gasteiger partial charge >= 0.3 is 0 Å². The van der Waals surface area contributed by atoms with E-state index in [1.165, 1.54) is 10.8 Å². The summed E-state index contributed by atoms with van der Waals surface area (Å²) in [5.74, 6) is 5.24.